The maximum absolute atomic E-state index is 4.43. The van der Waals surface area contributed by atoms with Crippen molar-refractivity contribution in [2.75, 3.05) is 0 Å². The third kappa shape index (κ3) is 4.07. The zero-order chi connectivity index (χ0) is 11.1. The highest BCUT2D eigenvalue weighted by atomic mass is 14.8. The molecule has 0 saturated heterocycles. The first-order valence-electron chi connectivity index (χ1n) is 5.34. The molecule has 0 heterocycles. The predicted molar refractivity (Wildman–Crippen MR) is 67.9 cm³/mol. The van der Waals surface area contributed by atoms with Crippen LogP contribution < -0.4 is 0 Å². The van der Waals surface area contributed by atoms with Gasteiger partial charge in [-0.2, -0.15) is 0 Å². The molecule has 0 aromatic heterocycles. The van der Waals surface area contributed by atoms with Gasteiger partial charge in [-0.1, -0.05) is 26.0 Å². The lowest BCUT2D eigenvalue weighted by Gasteiger charge is -2.00. The Morgan fingerprint density at radius 3 is 2.27 bits per heavy atom. The Balaban J connectivity index is 2.79. The van der Waals surface area contributed by atoms with Crippen molar-refractivity contribution in [1.29, 1.82) is 0 Å². The molecule has 15 heavy (non-hydrogen) atoms. The van der Waals surface area contributed by atoms with Crippen LogP contribution in [0.4, 0.5) is 11.4 Å². The van der Waals surface area contributed by atoms with Crippen LogP contribution in [-0.2, 0) is 0 Å². The molecule has 80 valence electrons. The van der Waals surface area contributed by atoms with Crippen LogP contribution in [0.3, 0.4) is 0 Å². The Morgan fingerprint density at radius 2 is 1.73 bits per heavy atom. The zero-order valence-electron chi connectivity index (χ0n) is 9.64. The normalized spacial score (nSPS) is 12.0. The quantitative estimate of drug-likeness (QED) is 0.655. The van der Waals surface area contributed by atoms with Crippen molar-refractivity contribution in [2.24, 2.45) is 15.9 Å². The Kier molecular flexibility index (Phi) is 4.75. The molecule has 0 unspecified atom stereocenters. The first kappa shape index (κ1) is 11.6. The molecule has 0 bridgehead atoms. The largest absolute Gasteiger partial charge is 0.259 e. The van der Waals surface area contributed by atoms with Gasteiger partial charge in [-0.25, -0.2) is 0 Å². The van der Waals surface area contributed by atoms with E-state index in [1.54, 1.807) is 6.21 Å². The Hall–Kier alpha value is -1.44. The summed E-state index contributed by atoms with van der Waals surface area (Å²) in [6.07, 6.45) is 4.76. The highest BCUT2D eigenvalue weighted by molar-refractivity contribution is 5.73. The number of hydrogen-bond acceptors (Lipinski definition) is 2. The van der Waals surface area contributed by atoms with E-state index in [1.807, 2.05) is 37.4 Å². The van der Waals surface area contributed by atoms with Gasteiger partial charge in [0.2, 0.25) is 0 Å². The van der Waals surface area contributed by atoms with Crippen LogP contribution in [-0.4, -0.2) is 12.4 Å². The number of hydrogen-bond donors (Lipinski definition) is 0. The number of aliphatic imine (C=N–C) groups is 2. The van der Waals surface area contributed by atoms with Crippen LogP contribution >= 0.6 is 0 Å². The van der Waals surface area contributed by atoms with Crippen LogP contribution in [0.1, 0.15) is 27.2 Å². The van der Waals surface area contributed by atoms with E-state index in [2.05, 4.69) is 23.8 Å². The standard InChI is InChI=1S/C13H18N2/c1-4-14-12-7-5-6-8-13(12)15-10-9-11(2)3/h4-8,10-11H,9H2,1-3H3. The topological polar surface area (TPSA) is 24.7 Å². The lowest BCUT2D eigenvalue weighted by Crippen LogP contribution is -1.86. The molecule has 2 heteroatoms. The second-order valence-corrected chi connectivity index (χ2v) is 3.82. The summed E-state index contributed by atoms with van der Waals surface area (Å²) in [4.78, 5) is 8.69. The second-order valence-electron chi connectivity index (χ2n) is 3.82. The van der Waals surface area contributed by atoms with E-state index in [9.17, 15) is 0 Å². The molecule has 0 aliphatic carbocycles. The predicted octanol–water partition coefficient (Wildman–Crippen LogP) is 4.16. The fourth-order valence-electron chi connectivity index (χ4n) is 1.18. The third-order valence-corrected chi connectivity index (χ3v) is 1.96. The van der Waals surface area contributed by atoms with Crippen LogP contribution in [0, 0.1) is 5.92 Å². The molecule has 0 atom stereocenters. The van der Waals surface area contributed by atoms with E-state index in [-0.39, 0.29) is 0 Å². The summed E-state index contributed by atoms with van der Waals surface area (Å²) in [5.41, 5.74) is 1.87. The lowest BCUT2D eigenvalue weighted by atomic mass is 10.1. The fourth-order valence-corrected chi connectivity index (χ4v) is 1.18. The number of para-hydroxylation sites is 2. The second kappa shape index (κ2) is 6.12. The van der Waals surface area contributed by atoms with Crippen LogP contribution in [0.2, 0.25) is 0 Å². The van der Waals surface area contributed by atoms with Gasteiger partial charge in [0.15, 0.2) is 0 Å². The van der Waals surface area contributed by atoms with E-state index in [4.69, 9.17) is 0 Å². The molecule has 0 amide bonds. The van der Waals surface area contributed by atoms with Gasteiger partial charge in [-0.05, 0) is 31.4 Å². The van der Waals surface area contributed by atoms with Crippen molar-refractivity contribution in [1.82, 2.24) is 0 Å². The summed E-state index contributed by atoms with van der Waals surface area (Å²) in [5, 5.41) is 0. The molecular weight excluding hydrogens is 184 g/mol. The Morgan fingerprint density at radius 1 is 1.13 bits per heavy atom. The maximum atomic E-state index is 4.43. The highest BCUT2D eigenvalue weighted by Gasteiger charge is 1.96. The minimum Gasteiger partial charge on any atom is -0.259 e. The van der Waals surface area contributed by atoms with Crippen molar-refractivity contribution in [3.63, 3.8) is 0 Å². The first-order valence-corrected chi connectivity index (χ1v) is 5.34. The summed E-state index contributed by atoms with van der Waals surface area (Å²) >= 11 is 0. The average molecular weight is 202 g/mol. The summed E-state index contributed by atoms with van der Waals surface area (Å²) < 4.78 is 0. The summed E-state index contributed by atoms with van der Waals surface area (Å²) in [5.74, 6) is 0.649. The first-order chi connectivity index (χ1) is 7.24. The van der Waals surface area contributed by atoms with Crippen LogP contribution in [0.25, 0.3) is 0 Å². The van der Waals surface area contributed by atoms with Gasteiger partial charge in [0, 0.05) is 12.4 Å². The van der Waals surface area contributed by atoms with Gasteiger partial charge in [-0.3, -0.25) is 9.98 Å². The van der Waals surface area contributed by atoms with E-state index in [0.717, 1.165) is 17.8 Å². The number of benzene rings is 1. The van der Waals surface area contributed by atoms with Crippen molar-refractivity contribution in [3.05, 3.63) is 24.3 Å². The molecule has 0 saturated carbocycles. The van der Waals surface area contributed by atoms with Crippen molar-refractivity contribution in [3.8, 4) is 0 Å². The number of rotatable bonds is 4. The molecule has 0 aliphatic rings. The van der Waals surface area contributed by atoms with Gasteiger partial charge in [0.05, 0.1) is 11.4 Å². The van der Waals surface area contributed by atoms with Crippen molar-refractivity contribution < 1.29 is 0 Å². The molecule has 1 aromatic rings. The fraction of sp³-hybridized carbons (Fsp3) is 0.385. The lowest BCUT2D eigenvalue weighted by molar-refractivity contribution is 0.690. The van der Waals surface area contributed by atoms with Crippen LogP contribution in [0.5, 0.6) is 0 Å². The molecule has 0 fully saturated rings. The highest BCUT2D eigenvalue weighted by Crippen LogP contribution is 2.26. The molecule has 0 N–H and O–H groups in total. The van der Waals surface area contributed by atoms with E-state index >= 15 is 0 Å². The minimum atomic E-state index is 0.649. The van der Waals surface area contributed by atoms with Gasteiger partial charge in [0.25, 0.3) is 0 Å². The molecule has 2 nitrogen and oxygen atoms in total. The minimum absolute atomic E-state index is 0.649. The molecule has 1 rings (SSSR count). The van der Waals surface area contributed by atoms with Gasteiger partial charge < -0.3 is 0 Å². The van der Waals surface area contributed by atoms with E-state index in [1.165, 1.54) is 0 Å². The maximum Gasteiger partial charge on any atom is 0.0882 e. The Bertz CT molecular complexity index is 351. The molecule has 1 aromatic carbocycles. The molecule has 0 aliphatic heterocycles. The zero-order valence-corrected chi connectivity index (χ0v) is 9.64. The molecular formula is C13H18N2. The summed E-state index contributed by atoms with van der Waals surface area (Å²) in [6.45, 7) is 6.28. The summed E-state index contributed by atoms with van der Waals surface area (Å²) in [7, 11) is 0. The molecule has 0 spiro atoms. The van der Waals surface area contributed by atoms with Crippen molar-refractivity contribution >= 4 is 23.8 Å². The molecule has 0 radical (unpaired) electrons. The average Bonchev–Trinajstić information content (AvgIpc) is 2.20. The Labute approximate surface area is 91.8 Å². The van der Waals surface area contributed by atoms with Crippen molar-refractivity contribution in [2.45, 2.75) is 27.2 Å². The summed E-state index contributed by atoms with van der Waals surface area (Å²) in [6, 6.07) is 7.92. The van der Waals surface area contributed by atoms with Gasteiger partial charge >= 0.3 is 0 Å². The van der Waals surface area contributed by atoms with Gasteiger partial charge in [0.1, 0.15) is 0 Å². The number of nitrogens with zero attached hydrogens (tertiary/aromatic N) is 2. The van der Waals surface area contributed by atoms with E-state index in [0.29, 0.717) is 5.92 Å². The van der Waals surface area contributed by atoms with Gasteiger partial charge in [-0.15, -0.1) is 0 Å². The SMILES string of the molecule is CC=Nc1ccccc1N=CCC(C)C. The van der Waals surface area contributed by atoms with E-state index < -0.39 is 0 Å². The smallest absolute Gasteiger partial charge is 0.0882 e. The monoisotopic (exact) mass is 202 g/mol. The van der Waals surface area contributed by atoms with Crippen LogP contribution in [0.15, 0.2) is 34.3 Å². The third-order valence-electron chi connectivity index (χ3n) is 1.96.